The van der Waals surface area contributed by atoms with Crippen LogP contribution in [0.15, 0.2) is 48.5 Å². The fraction of sp³-hybridized carbons (Fsp3) is 0.316. The van der Waals surface area contributed by atoms with Gasteiger partial charge in [-0.1, -0.05) is 50.2 Å². The average molecular weight is 278 g/mol. The molecule has 0 aliphatic heterocycles. The molecule has 108 valence electrons. The summed E-state index contributed by atoms with van der Waals surface area (Å²) in [5, 5.41) is 12.4. The molecule has 0 radical (unpaired) electrons. The van der Waals surface area contributed by atoms with Crippen molar-refractivity contribution in [1.82, 2.24) is 5.32 Å². The van der Waals surface area contributed by atoms with Crippen LogP contribution in [0.25, 0.3) is 0 Å². The molecule has 2 rings (SSSR count). The first kappa shape index (κ1) is 15.3. The number of hydrogen-bond donors (Lipinski definition) is 1. The average Bonchev–Trinajstić information content (AvgIpc) is 2.53. The van der Waals surface area contributed by atoms with Gasteiger partial charge in [0, 0.05) is 12.6 Å². The van der Waals surface area contributed by atoms with E-state index in [4.69, 9.17) is 5.26 Å². The lowest BCUT2D eigenvalue weighted by molar-refractivity contribution is 0.574. The summed E-state index contributed by atoms with van der Waals surface area (Å²) in [5.41, 5.74) is 4.51. The van der Waals surface area contributed by atoms with Gasteiger partial charge in [0.15, 0.2) is 0 Å². The molecule has 0 aromatic heterocycles. The fourth-order valence-electron chi connectivity index (χ4n) is 2.31. The molecule has 0 bridgehead atoms. The molecule has 1 atom stereocenters. The van der Waals surface area contributed by atoms with Crippen LogP contribution in [0.4, 0.5) is 0 Å². The first-order valence-electron chi connectivity index (χ1n) is 7.42. The first-order chi connectivity index (χ1) is 10.1. The summed E-state index contributed by atoms with van der Waals surface area (Å²) in [5.74, 6) is 0.566. The van der Waals surface area contributed by atoms with Crippen LogP contribution in [0.1, 0.15) is 55.0 Å². The van der Waals surface area contributed by atoms with E-state index in [1.54, 1.807) is 0 Å². The predicted octanol–water partition coefficient (Wildman–Crippen LogP) is 4.53. The molecule has 0 saturated carbocycles. The Kier molecular flexibility index (Phi) is 5.14. The molecule has 2 heteroatoms. The second-order valence-electron chi connectivity index (χ2n) is 5.74. The summed E-state index contributed by atoms with van der Waals surface area (Å²) in [6.07, 6.45) is 0. The van der Waals surface area contributed by atoms with E-state index in [1.165, 1.54) is 11.1 Å². The van der Waals surface area contributed by atoms with Crippen molar-refractivity contribution in [3.05, 3.63) is 70.8 Å². The molecule has 0 spiro atoms. The maximum atomic E-state index is 8.92. The van der Waals surface area contributed by atoms with Crippen molar-refractivity contribution in [3.63, 3.8) is 0 Å². The molecule has 21 heavy (non-hydrogen) atoms. The van der Waals surface area contributed by atoms with Gasteiger partial charge in [-0.15, -0.1) is 0 Å². The van der Waals surface area contributed by atoms with Crippen LogP contribution in [0.2, 0.25) is 0 Å². The van der Waals surface area contributed by atoms with Crippen LogP contribution in [0.5, 0.6) is 0 Å². The van der Waals surface area contributed by atoms with E-state index in [0.717, 1.165) is 12.1 Å². The van der Waals surface area contributed by atoms with Gasteiger partial charge in [-0.3, -0.25) is 0 Å². The minimum absolute atomic E-state index is 0.289. The standard InChI is InChI=1S/C19H22N2/c1-14(2)18-7-9-19(10-8-18)15(3)21-13-17-6-4-5-16(11-17)12-20/h4-11,14-15,21H,13H2,1-3H3. The predicted molar refractivity (Wildman–Crippen MR) is 86.9 cm³/mol. The van der Waals surface area contributed by atoms with Crippen molar-refractivity contribution in [2.24, 2.45) is 0 Å². The zero-order chi connectivity index (χ0) is 15.2. The highest BCUT2D eigenvalue weighted by atomic mass is 14.9. The van der Waals surface area contributed by atoms with E-state index in [-0.39, 0.29) is 6.04 Å². The van der Waals surface area contributed by atoms with E-state index in [0.29, 0.717) is 11.5 Å². The monoisotopic (exact) mass is 278 g/mol. The molecule has 0 amide bonds. The van der Waals surface area contributed by atoms with Gasteiger partial charge < -0.3 is 5.32 Å². The second-order valence-corrected chi connectivity index (χ2v) is 5.74. The summed E-state index contributed by atoms with van der Waals surface area (Å²) < 4.78 is 0. The summed E-state index contributed by atoms with van der Waals surface area (Å²) in [4.78, 5) is 0. The third-order valence-electron chi connectivity index (χ3n) is 3.77. The largest absolute Gasteiger partial charge is 0.306 e. The number of nitrogens with zero attached hydrogens (tertiary/aromatic N) is 1. The summed E-state index contributed by atoms with van der Waals surface area (Å²) in [6.45, 7) is 7.35. The number of nitrogens with one attached hydrogen (secondary N) is 1. The molecule has 0 aliphatic rings. The molecule has 2 nitrogen and oxygen atoms in total. The minimum Gasteiger partial charge on any atom is -0.306 e. The molecule has 1 unspecified atom stereocenters. The smallest absolute Gasteiger partial charge is 0.0991 e. The van der Waals surface area contributed by atoms with E-state index < -0.39 is 0 Å². The van der Waals surface area contributed by atoms with Gasteiger partial charge in [0.2, 0.25) is 0 Å². The zero-order valence-electron chi connectivity index (χ0n) is 12.9. The lowest BCUT2D eigenvalue weighted by Crippen LogP contribution is -2.18. The minimum atomic E-state index is 0.289. The lowest BCUT2D eigenvalue weighted by Gasteiger charge is -2.15. The van der Waals surface area contributed by atoms with Crippen LogP contribution in [-0.2, 0) is 6.54 Å². The molecular formula is C19H22N2. The van der Waals surface area contributed by atoms with E-state index in [1.807, 2.05) is 24.3 Å². The van der Waals surface area contributed by atoms with Crippen molar-refractivity contribution in [2.75, 3.05) is 0 Å². The Hall–Kier alpha value is -2.11. The maximum Gasteiger partial charge on any atom is 0.0991 e. The third-order valence-corrected chi connectivity index (χ3v) is 3.77. The van der Waals surface area contributed by atoms with Crippen molar-refractivity contribution in [3.8, 4) is 6.07 Å². The van der Waals surface area contributed by atoms with E-state index in [2.05, 4.69) is 56.4 Å². The van der Waals surface area contributed by atoms with Gasteiger partial charge in [-0.25, -0.2) is 0 Å². The Bertz CT molecular complexity index is 621. The SMILES string of the molecule is CC(C)c1ccc(C(C)NCc2cccc(C#N)c2)cc1. The number of nitriles is 1. The van der Waals surface area contributed by atoms with Crippen molar-refractivity contribution < 1.29 is 0 Å². The van der Waals surface area contributed by atoms with E-state index >= 15 is 0 Å². The van der Waals surface area contributed by atoms with Crippen LogP contribution in [0, 0.1) is 11.3 Å². The molecule has 0 heterocycles. The molecule has 1 N–H and O–H groups in total. The molecule has 0 aliphatic carbocycles. The van der Waals surface area contributed by atoms with Gasteiger partial charge in [-0.2, -0.15) is 5.26 Å². The normalized spacial score (nSPS) is 12.1. The highest BCUT2D eigenvalue weighted by Gasteiger charge is 2.06. The summed E-state index contributed by atoms with van der Waals surface area (Å²) in [7, 11) is 0. The molecule has 0 fully saturated rings. The number of benzene rings is 2. The Labute approximate surface area is 127 Å². The van der Waals surface area contributed by atoms with Crippen LogP contribution in [-0.4, -0.2) is 0 Å². The Balaban J connectivity index is 1.98. The van der Waals surface area contributed by atoms with Gasteiger partial charge in [0.05, 0.1) is 11.6 Å². The highest BCUT2D eigenvalue weighted by Crippen LogP contribution is 2.19. The lowest BCUT2D eigenvalue weighted by atomic mass is 9.99. The van der Waals surface area contributed by atoms with Crippen molar-refractivity contribution in [2.45, 2.75) is 39.3 Å². The highest BCUT2D eigenvalue weighted by molar-refractivity contribution is 5.33. The second kappa shape index (κ2) is 7.06. The number of hydrogen-bond acceptors (Lipinski definition) is 2. The zero-order valence-corrected chi connectivity index (χ0v) is 12.9. The fourth-order valence-corrected chi connectivity index (χ4v) is 2.31. The summed E-state index contributed by atoms with van der Waals surface area (Å²) in [6, 6.07) is 19.0. The quantitative estimate of drug-likeness (QED) is 0.872. The van der Waals surface area contributed by atoms with E-state index in [9.17, 15) is 0 Å². The molecule has 2 aromatic rings. The Morgan fingerprint density at radius 2 is 1.67 bits per heavy atom. The Morgan fingerprint density at radius 3 is 2.29 bits per heavy atom. The van der Waals surface area contributed by atoms with Crippen LogP contribution >= 0.6 is 0 Å². The van der Waals surface area contributed by atoms with Gasteiger partial charge in [-0.05, 0) is 41.7 Å². The maximum absolute atomic E-state index is 8.92. The molecule has 2 aromatic carbocycles. The number of rotatable bonds is 5. The third kappa shape index (κ3) is 4.18. The van der Waals surface area contributed by atoms with Crippen molar-refractivity contribution in [1.29, 1.82) is 5.26 Å². The van der Waals surface area contributed by atoms with Gasteiger partial charge in [0.1, 0.15) is 0 Å². The van der Waals surface area contributed by atoms with Crippen molar-refractivity contribution >= 4 is 0 Å². The summed E-state index contributed by atoms with van der Waals surface area (Å²) >= 11 is 0. The van der Waals surface area contributed by atoms with Gasteiger partial charge in [0.25, 0.3) is 0 Å². The topological polar surface area (TPSA) is 35.8 Å². The van der Waals surface area contributed by atoms with Crippen LogP contribution in [0.3, 0.4) is 0 Å². The Morgan fingerprint density at radius 1 is 1.00 bits per heavy atom. The van der Waals surface area contributed by atoms with Gasteiger partial charge >= 0.3 is 0 Å². The molecule has 0 saturated heterocycles. The first-order valence-corrected chi connectivity index (χ1v) is 7.42. The molecular weight excluding hydrogens is 256 g/mol. The van der Waals surface area contributed by atoms with Crippen LogP contribution < -0.4 is 5.32 Å².